The summed E-state index contributed by atoms with van der Waals surface area (Å²) in [6, 6.07) is 19.4. The van der Waals surface area contributed by atoms with Crippen molar-refractivity contribution in [2.75, 3.05) is 26.2 Å². The smallest absolute Gasteiger partial charge is 0.352 e. The van der Waals surface area contributed by atoms with Crippen molar-refractivity contribution in [3.8, 4) is 0 Å². The van der Waals surface area contributed by atoms with Gasteiger partial charge in [0.2, 0.25) is 0 Å². The molecular formula is C29H33F3N2O. The lowest BCUT2D eigenvalue weighted by molar-refractivity contribution is -0.137. The van der Waals surface area contributed by atoms with Crippen LogP contribution in [-0.4, -0.2) is 37.0 Å². The molecule has 6 heteroatoms. The molecule has 0 spiro atoms. The Hall–Kier alpha value is -2.86. The Balaban J connectivity index is 1.18. The van der Waals surface area contributed by atoms with Gasteiger partial charge in [-0.3, -0.25) is 4.79 Å². The molecule has 1 fully saturated rings. The summed E-state index contributed by atoms with van der Waals surface area (Å²) in [6.45, 7) is 5.76. The number of amides is 1. The zero-order chi connectivity index (χ0) is 24.8. The van der Waals surface area contributed by atoms with Gasteiger partial charge in [0.05, 0.1) is 5.56 Å². The second kappa shape index (κ2) is 11.3. The molecule has 1 saturated carbocycles. The lowest BCUT2D eigenvalue weighted by Gasteiger charge is -2.22. The van der Waals surface area contributed by atoms with Crippen molar-refractivity contribution in [3.05, 3.63) is 83.4 Å². The van der Waals surface area contributed by atoms with Gasteiger partial charge in [0.1, 0.15) is 0 Å². The van der Waals surface area contributed by atoms with Gasteiger partial charge >= 0.3 is 6.18 Å². The van der Waals surface area contributed by atoms with Gasteiger partial charge in [-0.1, -0.05) is 49.4 Å². The molecule has 1 N–H and O–H groups in total. The van der Waals surface area contributed by atoms with E-state index in [1.807, 2.05) is 42.5 Å². The first-order valence-corrected chi connectivity index (χ1v) is 12.5. The number of benzene rings is 3. The second-order valence-electron chi connectivity index (χ2n) is 9.55. The molecule has 3 nitrogen and oxygen atoms in total. The zero-order valence-electron chi connectivity index (χ0n) is 20.2. The highest BCUT2D eigenvalue weighted by atomic mass is 19.4. The summed E-state index contributed by atoms with van der Waals surface area (Å²) in [4.78, 5) is 15.0. The van der Waals surface area contributed by atoms with E-state index in [4.69, 9.17) is 0 Å². The fourth-order valence-electron chi connectivity index (χ4n) is 4.81. The highest BCUT2D eigenvalue weighted by Gasteiger charge is 2.39. The highest BCUT2D eigenvalue weighted by molar-refractivity contribution is 5.98. The SMILES string of the molecule is CCCN(CCCCNC(=O)c1ccc2ccccc2c1)CC1CC1c1ccc(C(F)(F)F)cc1. The Labute approximate surface area is 205 Å². The molecule has 4 rings (SSSR count). The summed E-state index contributed by atoms with van der Waals surface area (Å²) in [5.74, 6) is 0.822. The van der Waals surface area contributed by atoms with Crippen LogP contribution in [0.2, 0.25) is 0 Å². The molecule has 186 valence electrons. The first kappa shape index (κ1) is 25.2. The van der Waals surface area contributed by atoms with Gasteiger partial charge in [0.15, 0.2) is 0 Å². The third-order valence-corrected chi connectivity index (χ3v) is 6.82. The van der Waals surface area contributed by atoms with Crippen molar-refractivity contribution in [1.29, 1.82) is 0 Å². The maximum atomic E-state index is 12.8. The zero-order valence-corrected chi connectivity index (χ0v) is 20.2. The van der Waals surface area contributed by atoms with Gasteiger partial charge in [-0.25, -0.2) is 0 Å². The van der Waals surface area contributed by atoms with Crippen LogP contribution in [0.5, 0.6) is 0 Å². The van der Waals surface area contributed by atoms with E-state index in [0.717, 1.165) is 61.7 Å². The third-order valence-electron chi connectivity index (χ3n) is 6.82. The van der Waals surface area contributed by atoms with Crippen LogP contribution in [0.4, 0.5) is 13.2 Å². The van der Waals surface area contributed by atoms with Crippen molar-refractivity contribution in [3.63, 3.8) is 0 Å². The number of nitrogens with zero attached hydrogens (tertiary/aromatic N) is 1. The van der Waals surface area contributed by atoms with E-state index in [1.54, 1.807) is 12.1 Å². The van der Waals surface area contributed by atoms with E-state index in [-0.39, 0.29) is 5.91 Å². The summed E-state index contributed by atoms with van der Waals surface area (Å²) in [7, 11) is 0. The Kier molecular flexibility index (Phi) is 8.11. The number of carbonyl (C=O) groups is 1. The van der Waals surface area contributed by atoms with Gasteiger partial charge in [-0.05, 0) is 91.2 Å². The molecule has 0 radical (unpaired) electrons. The molecule has 35 heavy (non-hydrogen) atoms. The van der Waals surface area contributed by atoms with Gasteiger partial charge in [0.25, 0.3) is 5.91 Å². The number of nitrogens with one attached hydrogen (secondary N) is 1. The van der Waals surface area contributed by atoms with Gasteiger partial charge < -0.3 is 10.2 Å². The molecule has 1 aliphatic rings. The molecule has 3 aromatic carbocycles. The summed E-state index contributed by atoms with van der Waals surface area (Å²) < 4.78 is 38.4. The van der Waals surface area contributed by atoms with E-state index in [9.17, 15) is 18.0 Å². The number of fused-ring (bicyclic) bond motifs is 1. The van der Waals surface area contributed by atoms with Crippen LogP contribution in [0.1, 0.15) is 60.0 Å². The number of halogens is 3. The maximum absolute atomic E-state index is 12.8. The minimum atomic E-state index is -4.28. The quantitative estimate of drug-likeness (QED) is 0.302. The molecule has 3 aromatic rings. The average molecular weight is 483 g/mol. The monoisotopic (exact) mass is 482 g/mol. The molecular weight excluding hydrogens is 449 g/mol. The molecule has 1 amide bonds. The lowest BCUT2D eigenvalue weighted by atomic mass is 10.1. The first-order chi connectivity index (χ1) is 16.8. The average Bonchev–Trinajstić information content (AvgIpc) is 3.62. The largest absolute Gasteiger partial charge is 0.416 e. The number of unbranched alkanes of at least 4 members (excludes halogenated alkanes) is 1. The van der Waals surface area contributed by atoms with Gasteiger partial charge in [0, 0.05) is 18.7 Å². The van der Waals surface area contributed by atoms with Crippen LogP contribution in [-0.2, 0) is 6.18 Å². The van der Waals surface area contributed by atoms with Crippen molar-refractivity contribution in [2.45, 2.75) is 44.7 Å². The summed E-state index contributed by atoms with van der Waals surface area (Å²) in [5.41, 5.74) is 1.11. The van der Waals surface area contributed by atoms with E-state index in [0.29, 0.717) is 23.9 Å². The second-order valence-corrected chi connectivity index (χ2v) is 9.55. The van der Waals surface area contributed by atoms with E-state index in [2.05, 4.69) is 17.1 Å². The predicted molar refractivity (Wildman–Crippen MR) is 135 cm³/mol. The van der Waals surface area contributed by atoms with Crippen LogP contribution < -0.4 is 5.32 Å². The van der Waals surface area contributed by atoms with E-state index >= 15 is 0 Å². The number of hydrogen-bond acceptors (Lipinski definition) is 2. The fourth-order valence-corrected chi connectivity index (χ4v) is 4.81. The van der Waals surface area contributed by atoms with E-state index in [1.165, 1.54) is 12.1 Å². The van der Waals surface area contributed by atoms with Crippen LogP contribution >= 0.6 is 0 Å². The number of carbonyl (C=O) groups excluding carboxylic acids is 1. The van der Waals surface area contributed by atoms with Crippen molar-refractivity contribution in [2.24, 2.45) is 5.92 Å². The molecule has 0 bridgehead atoms. The minimum Gasteiger partial charge on any atom is -0.352 e. The van der Waals surface area contributed by atoms with Crippen LogP contribution in [0, 0.1) is 5.92 Å². The molecule has 0 aromatic heterocycles. The number of hydrogen-bond donors (Lipinski definition) is 1. The fraction of sp³-hybridized carbons (Fsp3) is 0.414. The Bertz CT molecular complexity index is 1130. The molecule has 0 heterocycles. The van der Waals surface area contributed by atoms with Gasteiger partial charge in [-0.2, -0.15) is 13.2 Å². The number of rotatable bonds is 11. The highest BCUT2D eigenvalue weighted by Crippen LogP contribution is 2.48. The van der Waals surface area contributed by atoms with Crippen LogP contribution in [0.15, 0.2) is 66.7 Å². The van der Waals surface area contributed by atoms with Crippen molar-refractivity contribution < 1.29 is 18.0 Å². The number of alkyl halides is 3. The Morgan fingerprint density at radius 1 is 0.971 bits per heavy atom. The van der Waals surface area contributed by atoms with Crippen LogP contribution in [0.3, 0.4) is 0 Å². The summed E-state index contributed by atoms with van der Waals surface area (Å²) >= 11 is 0. The van der Waals surface area contributed by atoms with Crippen molar-refractivity contribution >= 4 is 16.7 Å². The summed E-state index contributed by atoms with van der Waals surface area (Å²) in [5, 5.41) is 5.21. The molecule has 0 aliphatic heterocycles. The Morgan fingerprint density at radius 2 is 1.71 bits per heavy atom. The Morgan fingerprint density at radius 3 is 2.43 bits per heavy atom. The maximum Gasteiger partial charge on any atom is 0.416 e. The molecule has 2 unspecified atom stereocenters. The predicted octanol–water partition coefficient (Wildman–Crippen LogP) is 6.88. The summed E-state index contributed by atoms with van der Waals surface area (Å²) in [6.07, 6.45) is -0.277. The van der Waals surface area contributed by atoms with Gasteiger partial charge in [-0.15, -0.1) is 0 Å². The minimum absolute atomic E-state index is 0.0430. The molecule has 1 aliphatic carbocycles. The standard InChI is InChI=1S/C29H33F3N2O/c1-2-16-34(20-25-19-27(25)22-11-13-26(14-12-22)29(30,31)32)17-6-5-15-33-28(35)24-10-9-21-7-3-4-8-23(21)18-24/h3-4,7-14,18,25,27H,2,5-6,15-17,19-20H2,1H3,(H,33,35). The molecule has 2 atom stereocenters. The first-order valence-electron chi connectivity index (χ1n) is 12.5. The van der Waals surface area contributed by atoms with Crippen LogP contribution in [0.25, 0.3) is 10.8 Å². The lowest BCUT2D eigenvalue weighted by Crippen LogP contribution is -2.29. The molecule has 0 saturated heterocycles. The third kappa shape index (κ3) is 6.85. The normalized spacial score (nSPS) is 17.6. The van der Waals surface area contributed by atoms with E-state index < -0.39 is 11.7 Å². The van der Waals surface area contributed by atoms with Crippen molar-refractivity contribution in [1.82, 2.24) is 10.2 Å². The topological polar surface area (TPSA) is 32.3 Å².